The Morgan fingerprint density at radius 3 is 0.983 bits per heavy atom. The number of hydrogen-bond donors (Lipinski definition) is 0. The van der Waals surface area contributed by atoms with Crippen molar-refractivity contribution in [2.24, 2.45) is 0 Å². The lowest BCUT2D eigenvalue weighted by atomic mass is 10.0. The number of aromatic nitrogens is 15. The van der Waals surface area contributed by atoms with Crippen molar-refractivity contribution in [2.45, 2.75) is 0 Å². The predicted molar refractivity (Wildman–Crippen MR) is 486 cm³/mol. The van der Waals surface area contributed by atoms with Crippen molar-refractivity contribution in [1.82, 2.24) is 72.3 Å². The molecular weight excluding hydrogens is 1470 g/mol. The molecule has 24 rings (SSSR count). The molecule has 0 aliphatic carbocycles. The number of para-hydroxylation sites is 6. The molecule has 0 amide bonds. The van der Waals surface area contributed by atoms with E-state index in [2.05, 4.69) is 315 Å². The third kappa shape index (κ3) is 12.1. The lowest BCUT2D eigenvalue weighted by Gasteiger charge is -2.12. The van der Waals surface area contributed by atoms with Crippen LogP contribution in [0.3, 0.4) is 0 Å². The van der Waals surface area contributed by atoms with Gasteiger partial charge in [-0.3, -0.25) is 28.7 Å². The van der Waals surface area contributed by atoms with Crippen LogP contribution in [0.25, 0.3) is 201 Å². The molecular formula is C105H69N15. The van der Waals surface area contributed by atoms with E-state index in [9.17, 15) is 0 Å². The van der Waals surface area contributed by atoms with Crippen molar-refractivity contribution in [1.29, 1.82) is 0 Å². The maximum Gasteiger partial charge on any atom is 0.147 e. The maximum atomic E-state index is 5.41. The first-order valence-corrected chi connectivity index (χ1v) is 39.9. The third-order valence-corrected chi connectivity index (χ3v) is 22.4. The molecule has 0 bridgehead atoms. The summed E-state index contributed by atoms with van der Waals surface area (Å²) in [5, 5.41) is 6.92. The summed E-state index contributed by atoms with van der Waals surface area (Å²) in [6.45, 7) is 0. The molecule has 120 heavy (non-hydrogen) atoms. The summed E-state index contributed by atoms with van der Waals surface area (Å²) in [7, 11) is 0. The van der Waals surface area contributed by atoms with Crippen molar-refractivity contribution in [2.75, 3.05) is 0 Å². The minimum atomic E-state index is 0.821. The maximum absolute atomic E-state index is 5.41. The Bertz CT molecular complexity index is 7910. The van der Waals surface area contributed by atoms with Gasteiger partial charge in [0.15, 0.2) is 0 Å². The molecule has 24 aromatic rings. The summed E-state index contributed by atoms with van der Waals surface area (Å²) >= 11 is 0. The van der Waals surface area contributed by atoms with Crippen LogP contribution in [0.4, 0.5) is 0 Å². The normalized spacial score (nSPS) is 11.5. The van der Waals surface area contributed by atoms with Crippen molar-refractivity contribution >= 4 is 98.5 Å². The van der Waals surface area contributed by atoms with Gasteiger partial charge in [0.05, 0.1) is 77.6 Å². The van der Waals surface area contributed by atoms with Crippen LogP contribution in [-0.2, 0) is 0 Å². The van der Waals surface area contributed by atoms with Crippen LogP contribution < -0.4 is 0 Å². The van der Waals surface area contributed by atoms with Gasteiger partial charge in [0.1, 0.15) is 34.9 Å². The molecule has 0 spiro atoms. The Kier molecular flexibility index (Phi) is 17.5. The molecule has 0 aliphatic heterocycles. The van der Waals surface area contributed by atoms with Crippen LogP contribution in [0.5, 0.6) is 0 Å². The van der Waals surface area contributed by atoms with Crippen molar-refractivity contribution < 1.29 is 0 Å². The highest BCUT2D eigenvalue weighted by molar-refractivity contribution is 6.23. The lowest BCUT2D eigenvalue weighted by Crippen LogP contribution is -2.01. The average molecular weight is 1540 g/mol. The fraction of sp³-hybridized carbons (Fsp3) is 0. The van der Waals surface area contributed by atoms with E-state index in [4.69, 9.17) is 29.9 Å². The predicted octanol–water partition coefficient (Wildman–Crippen LogP) is 24.7. The zero-order valence-corrected chi connectivity index (χ0v) is 64.5. The Balaban J connectivity index is 0.000000108. The molecule has 12 heterocycles. The van der Waals surface area contributed by atoms with E-state index in [1.165, 1.54) is 16.2 Å². The van der Waals surface area contributed by atoms with Crippen LogP contribution in [0.15, 0.2) is 419 Å². The largest absolute Gasteiger partial charge is 0.309 e. The third-order valence-electron chi connectivity index (χ3n) is 22.4. The lowest BCUT2D eigenvalue weighted by molar-refractivity contribution is 1.03. The van der Waals surface area contributed by atoms with Crippen molar-refractivity contribution in [3.8, 4) is 102 Å². The first-order chi connectivity index (χ1) is 59.6. The van der Waals surface area contributed by atoms with Crippen LogP contribution in [0.2, 0.25) is 0 Å². The molecule has 0 N–H and O–H groups in total. The highest BCUT2D eigenvalue weighted by Crippen LogP contribution is 2.45. The van der Waals surface area contributed by atoms with Gasteiger partial charge in [0, 0.05) is 121 Å². The fourth-order valence-electron chi connectivity index (χ4n) is 17.2. The summed E-state index contributed by atoms with van der Waals surface area (Å²) in [4.78, 5) is 43.9. The summed E-state index contributed by atoms with van der Waals surface area (Å²) in [5.74, 6) is 5.02. The number of hydrogen-bond acceptors (Lipinski definition) is 9. The zero-order chi connectivity index (χ0) is 79.4. The summed E-state index contributed by atoms with van der Waals surface area (Å²) in [6, 6.07) is 130. The number of pyridine rings is 6. The Hall–Kier alpha value is -16.7. The fourth-order valence-corrected chi connectivity index (χ4v) is 17.2. The zero-order valence-electron chi connectivity index (χ0n) is 64.5. The molecule has 564 valence electrons. The van der Waals surface area contributed by atoms with E-state index < -0.39 is 0 Å². The first-order valence-electron chi connectivity index (χ1n) is 39.9. The highest BCUT2D eigenvalue weighted by Gasteiger charge is 2.27. The minimum Gasteiger partial charge on any atom is -0.309 e. The van der Waals surface area contributed by atoms with Crippen LogP contribution in [0.1, 0.15) is 0 Å². The van der Waals surface area contributed by atoms with Crippen LogP contribution in [0, 0.1) is 0 Å². The van der Waals surface area contributed by atoms with E-state index in [-0.39, 0.29) is 0 Å². The number of imidazole rings is 3. The SMILES string of the molecule is c1ccc(-n2c3ccccc3c3c4nc(-c5ccc(-c6cccnc6)cc5)n(-c5ccccn5)c4ccc32)cc1.c1ccc(-n2c3ccccc3c3c4nc(-c5cccc(-c6ccccn6)c5)n(-c5ccccn5)c4ccc32)cc1.c1ccc(-n2c3ccccc3c3c4nc(-c5ccccc5-c5ccccn5)n(-c5ccccn5)c4ccc32)cc1. The van der Waals surface area contributed by atoms with Crippen LogP contribution in [-0.4, -0.2) is 72.3 Å². The molecule has 0 fully saturated rings. The van der Waals surface area contributed by atoms with Gasteiger partial charge in [-0.15, -0.1) is 0 Å². The van der Waals surface area contributed by atoms with Crippen molar-refractivity contribution in [3.05, 3.63) is 419 Å². The molecule has 0 saturated carbocycles. The molecule has 15 heteroatoms. The van der Waals surface area contributed by atoms with Gasteiger partial charge < -0.3 is 13.7 Å². The molecule has 0 aliphatic rings. The molecule has 0 saturated heterocycles. The first kappa shape index (κ1) is 70.0. The molecule has 15 nitrogen and oxygen atoms in total. The van der Waals surface area contributed by atoms with E-state index in [1.54, 1.807) is 6.20 Å². The Morgan fingerprint density at radius 2 is 0.550 bits per heavy atom. The second kappa shape index (κ2) is 30.0. The minimum absolute atomic E-state index is 0.821. The molecule has 0 radical (unpaired) electrons. The number of nitrogens with zero attached hydrogens (tertiary/aromatic N) is 15. The Labute approximate surface area is 688 Å². The van der Waals surface area contributed by atoms with E-state index in [0.29, 0.717) is 0 Å². The second-order valence-electron chi connectivity index (χ2n) is 29.3. The van der Waals surface area contributed by atoms with Gasteiger partial charge in [-0.1, -0.05) is 212 Å². The van der Waals surface area contributed by atoms with E-state index in [1.807, 2.05) is 140 Å². The smallest absolute Gasteiger partial charge is 0.147 e. The summed E-state index contributed by atoms with van der Waals surface area (Å²) in [5.41, 5.74) is 25.3. The van der Waals surface area contributed by atoms with E-state index in [0.717, 1.165) is 185 Å². The number of fused-ring (bicyclic) bond motifs is 15. The molecule has 0 atom stereocenters. The highest BCUT2D eigenvalue weighted by atomic mass is 15.2. The Morgan fingerprint density at radius 1 is 0.192 bits per heavy atom. The van der Waals surface area contributed by atoms with Gasteiger partial charge in [-0.25, -0.2) is 29.9 Å². The van der Waals surface area contributed by atoms with Gasteiger partial charge in [-0.05, 0) is 175 Å². The molecule has 12 aromatic carbocycles. The van der Waals surface area contributed by atoms with Gasteiger partial charge in [0.25, 0.3) is 0 Å². The summed E-state index contributed by atoms with van der Waals surface area (Å²) < 4.78 is 13.5. The number of rotatable bonds is 12. The quantitative estimate of drug-likeness (QED) is 0.117. The monoisotopic (exact) mass is 1540 g/mol. The van der Waals surface area contributed by atoms with E-state index >= 15 is 0 Å². The van der Waals surface area contributed by atoms with Crippen molar-refractivity contribution in [3.63, 3.8) is 0 Å². The second-order valence-corrected chi connectivity index (χ2v) is 29.3. The van der Waals surface area contributed by atoms with Gasteiger partial charge in [-0.2, -0.15) is 0 Å². The summed E-state index contributed by atoms with van der Waals surface area (Å²) in [6.07, 6.45) is 12.8. The molecule has 0 unspecified atom stereocenters. The number of benzene rings is 12. The topological polar surface area (TPSA) is 146 Å². The average Bonchev–Trinajstić information content (AvgIpc) is 1.73. The van der Waals surface area contributed by atoms with Gasteiger partial charge >= 0.3 is 0 Å². The standard InChI is InChI=1S/3C35H23N5/c1-2-13-26(14-3-1)39-29-17-5-4-15-27(29)33-30(39)19-20-31-34(33)38-35(40(31)32-18-7-9-22-37-32)25-12-10-11-24(23-25)28-16-6-8-21-36-28;1-2-12-24(13-3-1)39-29-18-7-6-16-27(29)33-30(39)20-21-31-34(33)38-35(40(31)32-19-9-11-23-37-32)26-15-5-4-14-25(26)28-17-8-10-22-36-28;1-2-10-27(11-3-1)39-29-13-5-4-12-28(29)33-30(39)19-20-31-34(33)38-35(40(31)32-14-6-7-22-37-32)25-17-15-24(16-18-25)26-9-8-21-36-23-26/h3*1-23H. The van der Waals surface area contributed by atoms with Gasteiger partial charge in [0.2, 0.25) is 0 Å². The van der Waals surface area contributed by atoms with Crippen LogP contribution >= 0.6 is 0 Å². The molecule has 12 aromatic heterocycles.